The van der Waals surface area contributed by atoms with Gasteiger partial charge in [0.25, 0.3) is 0 Å². The van der Waals surface area contributed by atoms with Gasteiger partial charge in [0.05, 0.1) is 12.1 Å². The maximum atomic E-state index is 13.4. The van der Waals surface area contributed by atoms with Crippen LogP contribution in [0.4, 0.5) is 8.78 Å². The number of carbonyl (C=O) groups excluding carboxylic acids is 1. The summed E-state index contributed by atoms with van der Waals surface area (Å²) in [5, 5.41) is 3.21. The van der Waals surface area contributed by atoms with Crippen molar-refractivity contribution in [3.8, 4) is 0 Å². The average Bonchev–Trinajstić information content (AvgIpc) is 2.57. The Bertz CT molecular complexity index is 409. The summed E-state index contributed by atoms with van der Waals surface area (Å²) in [7, 11) is 0. The summed E-state index contributed by atoms with van der Waals surface area (Å²) in [6, 6.07) is 3.48. The van der Waals surface area contributed by atoms with Gasteiger partial charge in [0, 0.05) is 13.1 Å². The molecule has 1 aliphatic rings. The highest BCUT2D eigenvalue weighted by Gasteiger charge is 2.20. The molecule has 0 amide bonds. The Hall–Kier alpha value is -1.33. The van der Waals surface area contributed by atoms with E-state index in [1.54, 1.807) is 0 Å². The van der Waals surface area contributed by atoms with Crippen LogP contribution in [0.15, 0.2) is 18.2 Å². The number of nitrogens with zero attached hydrogens (tertiary/aromatic N) is 1. The van der Waals surface area contributed by atoms with E-state index in [0.717, 1.165) is 44.7 Å². The Morgan fingerprint density at radius 3 is 2.67 bits per heavy atom. The zero-order valence-corrected chi connectivity index (χ0v) is 10.1. The lowest BCUT2D eigenvalue weighted by Crippen LogP contribution is -2.33. The molecule has 1 fully saturated rings. The number of hydrogen-bond donors (Lipinski definition) is 1. The minimum atomic E-state index is -0.784. The van der Waals surface area contributed by atoms with E-state index in [4.69, 9.17) is 0 Å². The van der Waals surface area contributed by atoms with Gasteiger partial charge in [0.2, 0.25) is 0 Å². The lowest BCUT2D eigenvalue weighted by atomic mass is 10.1. The highest BCUT2D eigenvalue weighted by Crippen LogP contribution is 2.13. The van der Waals surface area contributed by atoms with Crippen molar-refractivity contribution in [3.05, 3.63) is 35.4 Å². The molecule has 5 heteroatoms. The van der Waals surface area contributed by atoms with E-state index in [1.807, 2.05) is 4.90 Å². The zero-order chi connectivity index (χ0) is 13.0. The van der Waals surface area contributed by atoms with E-state index < -0.39 is 23.0 Å². The summed E-state index contributed by atoms with van der Waals surface area (Å²) in [6.45, 7) is 3.28. The molecular weight excluding hydrogens is 238 g/mol. The third kappa shape index (κ3) is 3.11. The van der Waals surface area contributed by atoms with Crippen LogP contribution < -0.4 is 5.32 Å². The fraction of sp³-hybridized carbons (Fsp3) is 0.462. The molecule has 18 heavy (non-hydrogen) atoms. The van der Waals surface area contributed by atoms with Crippen LogP contribution in [0.25, 0.3) is 0 Å². The van der Waals surface area contributed by atoms with Crippen molar-refractivity contribution < 1.29 is 13.6 Å². The smallest absolute Gasteiger partial charge is 0.182 e. The molecule has 0 spiro atoms. The molecule has 0 radical (unpaired) electrons. The van der Waals surface area contributed by atoms with Crippen LogP contribution in [0.5, 0.6) is 0 Å². The number of rotatable bonds is 3. The number of halogens is 2. The Labute approximate surface area is 105 Å². The van der Waals surface area contributed by atoms with E-state index in [-0.39, 0.29) is 6.54 Å². The molecule has 2 rings (SSSR count). The first-order valence-electron chi connectivity index (χ1n) is 6.09. The van der Waals surface area contributed by atoms with Crippen molar-refractivity contribution in [2.75, 3.05) is 32.7 Å². The fourth-order valence-electron chi connectivity index (χ4n) is 2.11. The standard InChI is InChI=1S/C13H16F2N2O/c14-10-3-1-4-11(15)13(10)12(18)9-17-7-2-5-16-6-8-17/h1,3-4,16H,2,5-9H2. The van der Waals surface area contributed by atoms with Gasteiger partial charge in [-0.1, -0.05) is 6.07 Å². The van der Waals surface area contributed by atoms with Gasteiger partial charge in [-0.3, -0.25) is 9.69 Å². The second-order valence-electron chi connectivity index (χ2n) is 4.40. The van der Waals surface area contributed by atoms with E-state index >= 15 is 0 Å². The molecular formula is C13H16F2N2O. The van der Waals surface area contributed by atoms with Crippen LogP contribution >= 0.6 is 0 Å². The Balaban J connectivity index is 2.07. The summed E-state index contributed by atoms with van der Waals surface area (Å²) in [5.74, 6) is -2.06. The quantitative estimate of drug-likeness (QED) is 0.828. The van der Waals surface area contributed by atoms with Gasteiger partial charge >= 0.3 is 0 Å². The molecule has 0 aliphatic carbocycles. The molecule has 1 aromatic rings. The maximum absolute atomic E-state index is 13.4. The van der Waals surface area contributed by atoms with Crippen LogP contribution in [0.1, 0.15) is 16.8 Å². The Kier molecular flexibility index (Phi) is 4.38. The Morgan fingerprint density at radius 2 is 1.94 bits per heavy atom. The third-order valence-corrected chi connectivity index (χ3v) is 3.04. The molecule has 1 aliphatic heterocycles. The molecule has 0 atom stereocenters. The monoisotopic (exact) mass is 254 g/mol. The highest BCUT2D eigenvalue weighted by atomic mass is 19.1. The molecule has 0 saturated carbocycles. The topological polar surface area (TPSA) is 32.3 Å². The van der Waals surface area contributed by atoms with Crippen LogP contribution in [-0.4, -0.2) is 43.4 Å². The van der Waals surface area contributed by atoms with Gasteiger partial charge in [-0.2, -0.15) is 0 Å². The predicted molar refractivity (Wildman–Crippen MR) is 64.6 cm³/mol. The molecule has 0 aromatic heterocycles. The third-order valence-electron chi connectivity index (χ3n) is 3.04. The molecule has 0 bridgehead atoms. The lowest BCUT2D eigenvalue weighted by molar-refractivity contribution is 0.0926. The molecule has 1 heterocycles. The van der Waals surface area contributed by atoms with E-state index in [0.29, 0.717) is 0 Å². The summed E-state index contributed by atoms with van der Waals surface area (Å²) >= 11 is 0. The summed E-state index contributed by atoms with van der Waals surface area (Å²) in [4.78, 5) is 13.8. The van der Waals surface area contributed by atoms with Crippen LogP contribution in [0, 0.1) is 11.6 Å². The first-order valence-corrected chi connectivity index (χ1v) is 6.09. The number of ketones is 1. The number of nitrogens with one attached hydrogen (secondary N) is 1. The van der Waals surface area contributed by atoms with Gasteiger partial charge in [0.15, 0.2) is 5.78 Å². The normalized spacial score (nSPS) is 17.4. The Morgan fingerprint density at radius 1 is 1.22 bits per heavy atom. The highest BCUT2D eigenvalue weighted by molar-refractivity contribution is 5.98. The van der Waals surface area contributed by atoms with Gasteiger partial charge < -0.3 is 5.32 Å². The summed E-state index contributed by atoms with van der Waals surface area (Å²) in [6.07, 6.45) is 0.938. The van der Waals surface area contributed by atoms with E-state index in [2.05, 4.69) is 5.32 Å². The number of hydrogen-bond acceptors (Lipinski definition) is 3. The van der Waals surface area contributed by atoms with Gasteiger partial charge in [-0.15, -0.1) is 0 Å². The summed E-state index contributed by atoms with van der Waals surface area (Å²) in [5.41, 5.74) is -0.422. The first-order chi connectivity index (χ1) is 8.68. The number of Topliss-reactive ketones (excluding diaryl/α,β-unsaturated/α-hetero) is 1. The number of benzene rings is 1. The van der Waals surface area contributed by atoms with E-state index in [9.17, 15) is 13.6 Å². The average molecular weight is 254 g/mol. The van der Waals surface area contributed by atoms with Gasteiger partial charge in [-0.05, 0) is 31.6 Å². The summed E-state index contributed by atoms with van der Waals surface area (Å²) < 4.78 is 26.9. The zero-order valence-electron chi connectivity index (χ0n) is 10.1. The van der Waals surface area contributed by atoms with Crippen molar-refractivity contribution in [1.82, 2.24) is 10.2 Å². The number of carbonyl (C=O) groups is 1. The first kappa shape index (κ1) is 13.1. The SMILES string of the molecule is O=C(CN1CCCNCC1)c1c(F)cccc1F. The second-order valence-corrected chi connectivity index (χ2v) is 4.40. The van der Waals surface area contributed by atoms with Crippen LogP contribution in [0.3, 0.4) is 0 Å². The van der Waals surface area contributed by atoms with Gasteiger partial charge in [-0.25, -0.2) is 8.78 Å². The molecule has 1 N–H and O–H groups in total. The van der Waals surface area contributed by atoms with Crippen molar-refractivity contribution >= 4 is 5.78 Å². The molecule has 1 aromatic carbocycles. The minimum absolute atomic E-state index is 0.0690. The van der Waals surface area contributed by atoms with Crippen molar-refractivity contribution in [2.45, 2.75) is 6.42 Å². The molecule has 0 unspecified atom stereocenters. The van der Waals surface area contributed by atoms with Crippen molar-refractivity contribution in [1.29, 1.82) is 0 Å². The minimum Gasteiger partial charge on any atom is -0.315 e. The molecule has 1 saturated heterocycles. The molecule has 98 valence electrons. The van der Waals surface area contributed by atoms with E-state index in [1.165, 1.54) is 6.07 Å². The predicted octanol–water partition coefficient (Wildman–Crippen LogP) is 1.44. The van der Waals surface area contributed by atoms with Crippen LogP contribution in [0.2, 0.25) is 0 Å². The van der Waals surface area contributed by atoms with Gasteiger partial charge in [0.1, 0.15) is 11.6 Å². The largest absolute Gasteiger partial charge is 0.315 e. The van der Waals surface area contributed by atoms with Crippen LogP contribution in [-0.2, 0) is 0 Å². The second kappa shape index (κ2) is 6.02. The fourth-order valence-corrected chi connectivity index (χ4v) is 2.11. The van der Waals surface area contributed by atoms with Crippen molar-refractivity contribution in [3.63, 3.8) is 0 Å². The van der Waals surface area contributed by atoms with Crippen molar-refractivity contribution in [2.24, 2.45) is 0 Å². The lowest BCUT2D eigenvalue weighted by Gasteiger charge is -2.18. The molecule has 3 nitrogen and oxygen atoms in total. The maximum Gasteiger partial charge on any atom is 0.182 e.